The van der Waals surface area contributed by atoms with E-state index >= 15 is 0 Å². The van der Waals surface area contributed by atoms with Crippen molar-refractivity contribution in [1.29, 1.82) is 0 Å². The molecule has 0 saturated carbocycles. The highest BCUT2D eigenvalue weighted by Crippen LogP contribution is 2.24. The predicted molar refractivity (Wildman–Crippen MR) is 69.7 cm³/mol. The lowest BCUT2D eigenvalue weighted by Gasteiger charge is -2.35. The first kappa shape index (κ1) is 15.1. The largest absolute Gasteiger partial charge is 0.480 e. The lowest BCUT2D eigenvalue weighted by Crippen LogP contribution is -2.55. The van der Waals surface area contributed by atoms with Crippen molar-refractivity contribution < 1.29 is 19.8 Å². The minimum absolute atomic E-state index is 0.328. The van der Waals surface area contributed by atoms with Crippen LogP contribution in [0.1, 0.15) is 20.8 Å². The number of hydrogen-bond acceptors (Lipinski definition) is 4. The molecule has 0 bridgehead atoms. The summed E-state index contributed by atoms with van der Waals surface area (Å²) in [7, 11) is 0. The van der Waals surface area contributed by atoms with Gasteiger partial charge in [-0.2, -0.15) is 11.8 Å². The highest BCUT2D eigenvalue weighted by atomic mass is 32.2. The van der Waals surface area contributed by atoms with Crippen molar-refractivity contribution in [2.75, 3.05) is 13.1 Å². The molecule has 2 amide bonds. The lowest BCUT2D eigenvalue weighted by molar-refractivity contribution is -0.141. The number of aliphatic hydroxyl groups excluding tert-OH is 1. The summed E-state index contributed by atoms with van der Waals surface area (Å²) in [4.78, 5) is 24.4. The number of carbonyl (C=O) groups excluding carboxylic acids is 1. The first-order valence-corrected chi connectivity index (χ1v) is 6.87. The highest BCUT2D eigenvalue weighted by molar-refractivity contribution is 8.00. The normalized spacial score (nSPS) is 27.4. The van der Waals surface area contributed by atoms with Gasteiger partial charge in [-0.15, -0.1) is 0 Å². The number of carbonyl (C=O) groups is 2. The molecule has 104 valence electrons. The number of amides is 2. The number of rotatable bonds is 3. The molecule has 0 aromatic rings. The van der Waals surface area contributed by atoms with Crippen molar-refractivity contribution in [3.05, 3.63) is 0 Å². The average Bonchev–Trinajstić information content (AvgIpc) is 2.23. The summed E-state index contributed by atoms with van der Waals surface area (Å²) < 4.78 is 0. The maximum Gasteiger partial charge on any atom is 0.328 e. The molecule has 0 aromatic heterocycles. The SMILES string of the molecule is CC1CN(C(=O)NC(C(=O)O)C(C)O)CC(C)S1. The van der Waals surface area contributed by atoms with E-state index in [2.05, 4.69) is 5.32 Å². The molecule has 4 unspecified atom stereocenters. The van der Waals surface area contributed by atoms with Crippen LogP contribution in [-0.4, -0.2) is 62.8 Å². The van der Waals surface area contributed by atoms with Crippen molar-refractivity contribution >= 4 is 23.8 Å². The molecule has 0 radical (unpaired) electrons. The number of carboxylic acids is 1. The predicted octanol–water partition coefficient (Wildman–Crippen LogP) is 0.356. The van der Waals surface area contributed by atoms with Crippen LogP contribution in [0.2, 0.25) is 0 Å². The maximum atomic E-state index is 11.9. The summed E-state index contributed by atoms with van der Waals surface area (Å²) in [6.45, 7) is 6.59. The Kier molecular flexibility index (Phi) is 5.28. The third-order valence-electron chi connectivity index (χ3n) is 2.73. The number of nitrogens with one attached hydrogen (secondary N) is 1. The second-order valence-electron chi connectivity index (χ2n) is 4.67. The first-order valence-electron chi connectivity index (χ1n) is 5.93. The van der Waals surface area contributed by atoms with Crippen LogP contribution in [0.5, 0.6) is 0 Å². The molecule has 0 aliphatic carbocycles. The summed E-state index contributed by atoms with van der Waals surface area (Å²) in [6, 6.07) is -1.69. The van der Waals surface area contributed by atoms with Crippen molar-refractivity contribution in [2.45, 2.75) is 43.4 Å². The third-order valence-corrected chi connectivity index (χ3v) is 3.96. The van der Waals surface area contributed by atoms with Crippen LogP contribution in [0.4, 0.5) is 4.79 Å². The van der Waals surface area contributed by atoms with Gasteiger partial charge in [0.1, 0.15) is 0 Å². The standard InChI is InChI=1S/C11H20N2O4S/c1-6-4-13(5-7(2)18-6)11(17)12-9(8(3)14)10(15)16/h6-9,14H,4-5H2,1-3H3,(H,12,17)(H,15,16). The van der Waals surface area contributed by atoms with Gasteiger partial charge in [0.15, 0.2) is 6.04 Å². The van der Waals surface area contributed by atoms with Gasteiger partial charge in [0.05, 0.1) is 6.10 Å². The number of aliphatic carboxylic acids is 1. The second kappa shape index (κ2) is 6.29. The zero-order valence-electron chi connectivity index (χ0n) is 10.8. The number of nitrogens with zero attached hydrogens (tertiary/aromatic N) is 1. The van der Waals surface area contributed by atoms with E-state index in [9.17, 15) is 14.7 Å². The van der Waals surface area contributed by atoms with Gasteiger partial charge in [0.2, 0.25) is 0 Å². The Morgan fingerprint density at radius 3 is 2.22 bits per heavy atom. The van der Waals surface area contributed by atoms with Crippen molar-refractivity contribution in [3.63, 3.8) is 0 Å². The minimum atomic E-state index is -1.27. The highest BCUT2D eigenvalue weighted by Gasteiger charge is 2.30. The number of thioether (sulfide) groups is 1. The fourth-order valence-electron chi connectivity index (χ4n) is 1.96. The Hall–Kier alpha value is -0.950. The van der Waals surface area contributed by atoms with Gasteiger partial charge in [0, 0.05) is 23.6 Å². The van der Waals surface area contributed by atoms with E-state index in [0.29, 0.717) is 23.6 Å². The molecule has 1 heterocycles. The monoisotopic (exact) mass is 276 g/mol. The Morgan fingerprint density at radius 1 is 1.33 bits per heavy atom. The molecule has 0 spiro atoms. The molecule has 1 aliphatic rings. The molecule has 4 atom stereocenters. The number of hydrogen-bond donors (Lipinski definition) is 3. The maximum absolute atomic E-state index is 11.9. The summed E-state index contributed by atoms with van der Waals surface area (Å²) >= 11 is 1.81. The van der Waals surface area contributed by atoms with E-state index in [0.717, 1.165) is 0 Å². The van der Waals surface area contributed by atoms with Crippen LogP contribution < -0.4 is 5.32 Å². The first-order chi connectivity index (χ1) is 8.31. The van der Waals surface area contributed by atoms with Gasteiger partial charge in [-0.3, -0.25) is 0 Å². The molecule has 1 aliphatic heterocycles. The molecule has 0 aromatic carbocycles. The summed E-state index contributed by atoms with van der Waals surface area (Å²) in [6.07, 6.45) is -1.12. The van der Waals surface area contributed by atoms with Gasteiger partial charge in [0.25, 0.3) is 0 Å². The van der Waals surface area contributed by atoms with Crippen LogP contribution in [-0.2, 0) is 4.79 Å². The Labute approximate surface area is 111 Å². The molecule has 1 fully saturated rings. The van der Waals surface area contributed by atoms with E-state index < -0.39 is 24.1 Å². The van der Waals surface area contributed by atoms with E-state index in [1.54, 1.807) is 16.7 Å². The lowest BCUT2D eigenvalue weighted by atomic mass is 10.2. The number of carboxylic acid groups (broad SMARTS) is 1. The molecule has 3 N–H and O–H groups in total. The van der Waals surface area contributed by atoms with Gasteiger partial charge >= 0.3 is 12.0 Å². The summed E-state index contributed by atoms with van der Waals surface area (Å²) in [5.41, 5.74) is 0. The van der Waals surface area contributed by atoms with E-state index in [1.807, 2.05) is 13.8 Å². The number of urea groups is 1. The third kappa shape index (κ3) is 4.06. The molecule has 1 saturated heterocycles. The van der Waals surface area contributed by atoms with Crippen LogP contribution in [0.3, 0.4) is 0 Å². The van der Waals surface area contributed by atoms with Gasteiger partial charge in [-0.25, -0.2) is 9.59 Å². The smallest absolute Gasteiger partial charge is 0.328 e. The van der Waals surface area contributed by atoms with Crippen LogP contribution >= 0.6 is 11.8 Å². The molecule has 18 heavy (non-hydrogen) atoms. The molecular weight excluding hydrogens is 256 g/mol. The zero-order valence-corrected chi connectivity index (χ0v) is 11.6. The van der Waals surface area contributed by atoms with E-state index in [-0.39, 0.29) is 0 Å². The molecule has 1 rings (SSSR count). The van der Waals surface area contributed by atoms with E-state index in [4.69, 9.17) is 5.11 Å². The second-order valence-corrected chi connectivity index (χ2v) is 6.55. The van der Waals surface area contributed by atoms with Crippen LogP contribution in [0.25, 0.3) is 0 Å². The summed E-state index contributed by atoms with van der Waals surface area (Å²) in [5.74, 6) is -1.23. The molecular formula is C11H20N2O4S. The zero-order chi connectivity index (χ0) is 13.9. The topological polar surface area (TPSA) is 89.9 Å². The molecule has 6 nitrogen and oxygen atoms in total. The van der Waals surface area contributed by atoms with Crippen molar-refractivity contribution in [2.24, 2.45) is 0 Å². The fraction of sp³-hybridized carbons (Fsp3) is 0.818. The Balaban J connectivity index is 2.61. The minimum Gasteiger partial charge on any atom is -0.480 e. The Morgan fingerprint density at radius 2 is 1.83 bits per heavy atom. The van der Waals surface area contributed by atoms with Crippen LogP contribution in [0, 0.1) is 0 Å². The van der Waals surface area contributed by atoms with Crippen molar-refractivity contribution in [1.82, 2.24) is 10.2 Å². The average molecular weight is 276 g/mol. The summed E-state index contributed by atoms with van der Waals surface area (Å²) in [5, 5.41) is 21.2. The Bertz CT molecular complexity index is 314. The van der Waals surface area contributed by atoms with Crippen LogP contribution in [0.15, 0.2) is 0 Å². The van der Waals surface area contributed by atoms with E-state index in [1.165, 1.54) is 6.92 Å². The van der Waals surface area contributed by atoms with Gasteiger partial charge in [-0.1, -0.05) is 13.8 Å². The van der Waals surface area contributed by atoms with Gasteiger partial charge in [-0.05, 0) is 6.92 Å². The fourth-order valence-corrected chi connectivity index (χ4v) is 3.28. The van der Waals surface area contributed by atoms with Gasteiger partial charge < -0.3 is 20.4 Å². The van der Waals surface area contributed by atoms with Crippen molar-refractivity contribution in [3.8, 4) is 0 Å². The molecule has 7 heteroatoms. The number of aliphatic hydroxyl groups is 1. The quantitative estimate of drug-likeness (QED) is 0.692.